The normalized spacial score (nSPS) is 18.8. The van der Waals surface area contributed by atoms with E-state index in [9.17, 15) is 5.11 Å². The van der Waals surface area contributed by atoms with E-state index in [1.54, 1.807) is 0 Å². The third kappa shape index (κ3) is 3.39. The van der Waals surface area contributed by atoms with Crippen molar-refractivity contribution in [2.75, 3.05) is 18.6 Å². The molecule has 0 bridgehead atoms. The van der Waals surface area contributed by atoms with E-state index in [1.807, 2.05) is 23.9 Å². The van der Waals surface area contributed by atoms with Crippen LogP contribution in [-0.2, 0) is 6.42 Å². The molecule has 0 radical (unpaired) electrons. The lowest BCUT2D eigenvalue weighted by Gasteiger charge is -2.21. The van der Waals surface area contributed by atoms with E-state index in [0.29, 0.717) is 0 Å². The van der Waals surface area contributed by atoms with Gasteiger partial charge in [-0.2, -0.15) is 11.8 Å². The van der Waals surface area contributed by atoms with E-state index in [-0.39, 0.29) is 6.10 Å². The number of fused-ring (bicyclic) bond motifs is 1. The fraction of sp³-hybridized carbons (Fsp3) is 0.571. The SMILES string of the molecule is CSCCCOc1ccc2c(c1)C(O)CCC2. The van der Waals surface area contributed by atoms with Crippen LogP contribution in [0.2, 0.25) is 0 Å². The summed E-state index contributed by atoms with van der Waals surface area (Å²) in [6.45, 7) is 0.760. The molecule has 2 rings (SSSR count). The Hall–Kier alpha value is -0.670. The number of hydrogen-bond acceptors (Lipinski definition) is 3. The molecule has 17 heavy (non-hydrogen) atoms. The molecule has 2 nitrogen and oxygen atoms in total. The fourth-order valence-electron chi connectivity index (χ4n) is 2.24. The molecule has 0 amide bonds. The molecule has 1 aliphatic carbocycles. The van der Waals surface area contributed by atoms with Crippen LogP contribution in [0.4, 0.5) is 0 Å². The lowest BCUT2D eigenvalue weighted by Crippen LogP contribution is -2.09. The van der Waals surface area contributed by atoms with Crippen molar-refractivity contribution in [3.8, 4) is 5.75 Å². The van der Waals surface area contributed by atoms with Crippen LogP contribution in [-0.4, -0.2) is 23.7 Å². The monoisotopic (exact) mass is 252 g/mol. The molecule has 94 valence electrons. The van der Waals surface area contributed by atoms with Crippen molar-refractivity contribution in [2.45, 2.75) is 31.8 Å². The second-order valence-corrected chi connectivity index (χ2v) is 5.45. The van der Waals surface area contributed by atoms with Crippen LogP contribution in [0.5, 0.6) is 5.75 Å². The molecule has 1 aromatic carbocycles. The number of benzene rings is 1. The van der Waals surface area contributed by atoms with Crippen LogP contribution in [0.3, 0.4) is 0 Å². The van der Waals surface area contributed by atoms with Crippen molar-refractivity contribution >= 4 is 11.8 Å². The number of thioether (sulfide) groups is 1. The third-order valence-electron chi connectivity index (χ3n) is 3.16. The van der Waals surface area contributed by atoms with Gasteiger partial charge in [0.25, 0.3) is 0 Å². The van der Waals surface area contributed by atoms with Gasteiger partial charge >= 0.3 is 0 Å². The maximum absolute atomic E-state index is 9.94. The first-order valence-corrected chi connectivity index (χ1v) is 7.63. The first-order valence-electron chi connectivity index (χ1n) is 6.24. The standard InChI is InChI=1S/C14H20O2S/c1-17-9-3-8-16-12-7-6-11-4-2-5-14(15)13(11)10-12/h6-7,10,14-15H,2-5,8-9H2,1H3. The van der Waals surface area contributed by atoms with Gasteiger partial charge in [0.1, 0.15) is 5.75 Å². The highest BCUT2D eigenvalue weighted by Crippen LogP contribution is 2.32. The first kappa shape index (κ1) is 12.8. The zero-order valence-electron chi connectivity index (χ0n) is 10.3. The Kier molecular flexibility index (Phi) is 4.75. The Balaban J connectivity index is 1.97. The number of aliphatic hydroxyl groups is 1. The molecule has 0 aromatic heterocycles. The number of ether oxygens (including phenoxy) is 1. The highest BCUT2D eigenvalue weighted by Gasteiger charge is 2.18. The van der Waals surface area contributed by atoms with E-state index < -0.39 is 0 Å². The van der Waals surface area contributed by atoms with Crippen LogP contribution in [0.25, 0.3) is 0 Å². The number of aryl methyl sites for hydroxylation is 1. The minimum Gasteiger partial charge on any atom is -0.494 e. The molecule has 1 N–H and O–H groups in total. The van der Waals surface area contributed by atoms with Crippen molar-refractivity contribution in [2.24, 2.45) is 0 Å². The molecule has 0 aliphatic heterocycles. The summed E-state index contributed by atoms with van der Waals surface area (Å²) in [5.41, 5.74) is 2.35. The Morgan fingerprint density at radius 3 is 3.18 bits per heavy atom. The van der Waals surface area contributed by atoms with Crippen molar-refractivity contribution in [1.29, 1.82) is 0 Å². The summed E-state index contributed by atoms with van der Waals surface area (Å²) in [6.07, 6.45) is 5.92. The minimum absolute atomic E-state index is 0.298. The van der Waals surface area contributed by atoms with Crippen molar-refractivity contribution in [1.82, 2.24) is 0 Å². The minimum atomic E-state index is -0.298. The summed E-state index contributed by atoms with van der Waals surface area (Å²) < 4.78 is 5.70. The molecule has 3 heteroatoms. The molecule has 0 fully saturated rings. The average molecular weight is 252 g/mol. The van der Waals surface area contributed by atoms with Gasteiger partial charge in [-0.15, -0.1) is 0 Å². The van der Waals surface area contributed by atoms with Gasteiger partial charge in [0.2, 0.25) is 0 Å². The summed E-state index contributed by atoms with van der Waals surface area (Å²) >= 11 is 1.84. The lowest BCUT2D eigenvalue weighted by molar-refractivity contribution is 0.156. The first-order chi connectivity index (χ1) is 8.31. The number of aliphatic hydroxyl groups excluding tert-OH is 1. The molecular weight excluding hydrogens is 232 g/mol. The van der Waals surface area contributed by atoms with E-state index in [2.05, 4.69) is 12.3 Å². The summed E-state index contributed by atoms with van der Waals surface area (Å²) in [4.78, 5) is 0. The fourth-order valence-corrected chi connectivity index (χ4v) is 2.64. The van der Waals surface area contributed by atoms with Gasteiger partial charge in [0.15, 0.2) is 0 Å². The Bertz CT molecular complexity index is 365. The largest absolute Gasteiger partial charge is 0.494 e. The van der Waals surface area contributed by atoms with Gasteiger partial charge < -0.3 is 9.84 Å². The molecule has 1 unspecified atom stereocenters. The van der Waals surface area contributed by atoms with Gasteiger partial charge in [-0.1, -0.05) is 6.07 Å². The summed E-state index contributed by atoms with van der Waals surface area (Å²) in [5, 5.41) is 9.94. The second kappa shape index (κ2) is 6.31. The topological polar surface area (TPSA) is 29.5 Å². The predicted octanol–water partition coefficient (Wildman–Crippen LogP) is 3.19. The molecule has 0 spiro atoms. The van der Waals surface area contributed by atoms with Crippen LogP contribution in [0, 0.1) is 0 Å². The van der Waals surface area contributed by atoms with Gasteiger partial charge in [-0.3, -0.25) is 0 Å². The van der Waals surface area contributed by atoms with Gasteiger partial charge in [0, 0.05) is 0 Å². The van der Waals surface area contributed by atoms with E-state index in [0.717, 1.165) is 49.4 Å². The quantitative estimate of drug-likeness (QED) is 0.816. The zero-order chi connectivity index (χ0) is 12.1. The molecule has 1 aliphatic rings. The molecule has 0 saturated heterocycles. The summed E-state index contributed by atoms with van der Waals surface area (Å²) in [7, 11) is 0. The van der Waals surface area contributed by atoms with Crippen molar-refractivity contribution in [3.05, 3.63) is 29.3 Å². The Morgan fingerprint density at radius 2 is 2.35 bits per heavy atom. The molecule has 1 atom stereocenters. The zero-order valence-corrected chi connectivity index (χ0v) is 11.1. The molecule has 1 aromatic rings. The Labute approximate surface area is 107 Å². The number of rotatable bonds is 5. The van der Waals surface area contributed by atoms with E-state index in [1.165, 1.54) is 5.56 Å². The van der Waals surface area contributed by atoms with Gasteiger partial charge in [0.05, 0.1) is 12.7 Å². The Morgan fingerprint density at radius 1 is 1.47 bits per heavy atom. The van der Waals surface area contributed by atoms with Crippen LogP contribution < -0.4 is 4.74 Å². The maximum atomic E-state index is 9.94. The predicted molar refractivity (Wildman–Crippen MR) is 72.8 cm³/mol. The molecular formula is C14H20O2S. The van der Waals surface area contributed by atoms with E-state index >= 15 is 0 Å². The molecule has 0 saturated carbocycles. The molecule has 0 heterocycles. The van der Waals surface area contributed by atoms with Crippen LogP contribution in [0.15, 0.2) is 18.2 Å². The maximum Gasteiger partial charge on any atom is 0.119 e. The second-order valence-electron chi connectivity index (χ2n) is 4.46. The summed E-state index contributed by atoms with van der Waals surface area (Å²) in [6, 6.07) is 6.13. The van der Waals surface area contributed by atoms with Crippen molar-refractivity contribution < 1.29 is 9.84 Å². The highest BCUT2D eigenvalue weighted by atomic mass is 32.2. The van der Waals surface area contributed by atoms with Crippen LogP contribution >= 0.6 is 11.8 Å². The highest BCUT2D eigenvalue weighted by molar-refractivity contribution is 7.98. The van der Waals surface area contributed by atoms with Gasteiger partial charge in [-0.05, 0) is 61.0 Å². The lowest BCUT2D eigenvalue weighted by atomic mass is 9.89. The average Bonchev–Trinajstić information content (AvgIpc) is 2.36. The smallest absolute Gasteiger partial charge is 0.119 e. The van der Waals surface area contributed by atoms with Crippen LogP contribution in [0.1, 0.15) is 36.5 Å². The third-order valence-corrected chi connectivity index (χ3v) is 3.86. The number of hydrogen-bond donors (Lipinski definition) is 1. The van der Waals surface area contributed by atoms with E-state index in [4.69, 9.17) is 4.74 Å². The van der Waals surface area contributed by atoms with Gasteiger partial charge in [-0.25, -0.2) is 0 Å². The van der Waals surface area contributed by atoms with Crippen molar-refractivity contribution in [3.63, 3.8) is 0 Å². The summed E-state index contributed by atoms with van der Waals surface area (Å²) in [5.74, 6) is 2.03.